The van der Waals surface area contributed by atoms with Crippen LogP contribution in [0.3, 0.4) is 0 Å². The van der Waals surface area contributed by atoms with Crippen LogP contribution in [0, 0.1) is 5.92 Å². The Morgan fingerprint density at radius 3 is 2.94 bits per heavy atom. The van der Waals surface area contributed by atoms with Crippen molar-refractivity contribution in [3.63, 3.8) is 0 Å². The summed E-state index contributed by atoms with van der Waals surface area (Å²) >= 11 is 0. The van der Waals surface area contributed by atoms with Crippen LogP contribution in [0.25, 0.3) is 0 Å². The number of imide groups is 1. The molecule has 1 fully saturated rings. The maximum absolute atomic E-state index is 11.6. The van der Waals surface area contributed by atoms with Crippen molar-refractivity contribution in [3.8, 4) is 0 Å². The number of carbonyl (C=O) groups is 2. The van der Waals surface area contributed by atoms with Crippen molar-refractivity contribution in [1.82, 2.24) is 10.2 Å². The molecular formula is C12H23N3O3. The summed E-state index contributed by atoms with van der Waals surface area (Å²) in [6, 6.07) is 0. The first-order valence-corrected chi connectivity index (χ1v) is 6.54. The van der Waals surface area contributed by atoms with Gasteiger partial charge >= 0.3 is 6.09 Å². The fraction of sp³-hybridized carbons (Fsp3) is 0.833. The fourth-order valence-electron chi connectivity index (χ4n) is 2.29. The van der Waals surface area contributed by atoms with E-state index in [-0.39, 0.29) is 19.1 Å². The number of rotatable bonds is 5. The van der Waals surface area contributed by atoms with Gasteiger partial charge in [-0.15, -0.1) is 0 Å². The van der Waals surface area contributed by atoms with Gasteiger partial charge in [-0.3, -0.25) is 15.0 Å². The highest BCUT2D eigenvalue weighted by Gasteiger charge is 2.21. The molecule has 1 saturated heterocycles. The highest BCUT2D eigenvalue weighted by atomic mass is 16.5. The van der Waals surface area contributed by atoms with Gasteiger partial charge in [-0.05, 0) is 45.2 Å². The smallest absolute Gasteiger partial charge is 0.413 e. The van der Waals surface area contributed by atoms with Gasteiger partial charge in [0, 0.05) is 6.54 Å². The lowest BCUT2D eigenvalue weighted by Gasteiger charge is -2.31. The van der Waals surface area contributed by atoms with Crippen molar-refractivity contribution in [2.45, 2.75) is 26.2 Å². The normalized spacial score (nSPS) is 20.4. The SMILES string of the molecule is CCOC(=O)NC(=O)CN1CCCC(CCN)C1. The number of nitrogens with one attached hydrogen (secondary N) is 1. The van der Waals surface area contributed by atoms with Crippen LogP contribution in [0.2, 0.25) is 0 Å². The van der Waals surface area contributed by atoms with E-state index in [1.807, 2.05) is 0 Å². The molecule has 0 bridgehead atoms. The van der Waals surface area contributed by atoms with Gasteiger partial charge in [-0.25, -0.2) is 4.79 Å². The molecule has 1 unspecified atom stereocenters. The molecule has 0 aromatic rings. The summed E-state index contributed by atoms with van der Waals surface area (Å²) < 4.78 is 4.66. The van der Waals surface area contributed by atoms with Crippen molar-refractivity contribution in [1.29, 1.82) is 0 Å². The summed E-state index contributed by atoms with van der Waals surface area (Å²) in [5.41, 5.74) is 5.55. The second kappa shape index (κ2) is 8.05. The summed E-state index contributed by atoms with van der Waals surface area (Å²) in [6.07, 6.45) is 2.58. The third kappa shape index (κ3) is 5.46. The van der Waals surface area contributed by atoms with E-state index in [4.69, 9.17) is 5.73 Å². The molecule has 6 heteroatoms. The molecule has 0 saturated carbocycles. The Morgan fingerprint density at radius 2 is 2.28 bits per heavy atom. The molecule has 0 aliphatic carbocycles. The van der Waals surface area contributed by atoms with E-state index in [0.717, 1.165) is 25.9 Å². The third-order valence-corrected chi connectivity index (χ3v) is 3.06. The zero-order valence-electron chi connectivity index (χ0n) is 11.0. The van der Waals surface area contributed by atoms with Crippen molar-refractivity contribution in [3.05, 3.63) is 0 Å². The number of amides is 2. The van der Waals surface area contributed by atoms with E-state index in [0.29, 0.717) is 12.5 Å². The molecule has 104 valence electrons. The van der Waals surface area contributed by atoms with Gasteiger partial charge in [-0.2, -0.15) is 0 Å². The van der Waals surface area contributed by atoms with Gasteiger partial charge in [0.05, 0.1) is 13.2 Å². The van der Waals surface area contributed by atoms with Crippen LogP contribution >= 0.6 is 0 Å². The fourth-order valence-corrected chi connectivity index (χ4v) is 2.29. The Bertz CT molecular complexity index is 282. The minimum atomic E-state index is -0.669. The number of piperidine rings is 1. The molecule has 0 radical (unpaired) electrons. The quantitative estimate of drug-likeness (QED) is 0.741. The predicted molar refractivity (Wildman–Crippen MR) is 68.0 cm³/mol. The zero-order chi connectivity index (χ0) is 13.4. The van der Waals surface area contributed by atoms with Crippen LogP contribution in [-0.2, 0) is 9.53 Å². The van der Waals surface area contributed by atoms with Crippen LogP contribution in [0.5, 0.6) is 0 Å². The van der Waals surface area contributed by atoms with Gasteiger partial charge in [0.2, 0.25) is 5.91 Å². The van der Waals surface area contributed by atoms with E-state index in [1.54, 1.807) is 6.92 Å². The maximum atomic E-state index is 11.6. The Hall–Kier alpha value is -1.14. The number of alkyl carbamates (subject to hydrolysis) is 1. The van der Waals surface area contributed by atoms with Gasteiger partial charge in [0.1, 0.15) is 0 Å². The van der Waals surface area contributed by atoms with Crippen LogP contribution in [-0.4, -0.2) is 49.7 Å². The van der Waals surface area contributed by atoms with E-state index in [2.05, 4.69) is 15.0 Å². The molecule has 0 aromatic heterocycles. The van der Waals surface area contributed by atoms with Crippen LogP contribution < -0.4 is 11.1 Å². The predicted octanol–water partition coefficient (Wildman–Crippen LogP) is 0.320. The number of nitrogens with two attached hydrogens (primary N) is 1. The molecular weight excluding hydrogens is 234 g/mol. The van der Waals surface area contributed by atoms with Gasteiger partial charge in [-0.1, -0.05) is 0 Å². The van der Waals surface area contributed by atoms with Gasteiger partial charge in [0.25, 0.3) is 0 Å². The molecule has 1 aliphatic heterocycles. The van der Waals surface area contributed by atoms with Crippen molar-refractivity contribution in [2.75, 3.05) is 32.8 Å². The number of carbonyl (C=O) groups excluding carboxylic acids is 2. The molecule has 18 heavy (non-hydrogen) atoms. The van der Waals surface area contributed by atoms with Crippen molar-refractivity contribution in [2.24, 2.45) is 11.7 Å². The minimum Gasteiger partial charge on any atom is -0.450 e. The summed E-state index contributed by atoms with van der Waals surface area (Å²) in [6.45, 7) is 4.69. The van der Waals surface area contributed by atoms with Crippen molar-refractivity contribution < 1.29 is 14.3 Å². The summed E-state index contributed by atoms with van der Waals surface area (Å²) in [4.78, 5) is 24.7. The average molecular weight is 257 g/mol. The number of likely N-dealkylation sites (tertiary alicyclic amines) is 1. The molecule has 2 amide bonds. The van der Waals surface area contributed by atoms with Gasteiger partial charge < -0.3 is 10.5 Å². The highest BCUT2D eigenvalue weighted by molar-refractivity contribution is 5.92. The summed E-state index contributed by atoms with van der Waals surface area (Å²) in [7, 11) is 0. The lowest BCUT2D eigenvalue weighted by molar-refractivity contribution is -0.122. The number of nitrogens with zero attached hydrogens (tertiary/aromatic N) is 1. The molecule has 6 nitrogen and oxygen atoms in total. The van der Waals surface area contributed by atoms with E-state index < -0.39 is 6.09 Å². The van der Waals surface area contributed by atoms with E-state index in [9.17, 15) is 9.59 Å². The van der Waals surface area contributed by atoms with Crippen LogP contribution in [0.4, 0.5) is 4.79 Å². The lowest BCUT2D eigenvalue weighted by Crippen LogP contribution is -2.44. The van der Waals surface area contributed by atoms with Gasteiger partial charge in [0.15, 0.2) is 0 Å². The largest absolute Gasteiger partial charge is 0.450 e. The summed E-state index contributed by atoms with van der Waals surface area (Å²) in [5, 5.41) is 2.21. The standard InChI is InChI=1S/C12H23N3O3/c1-2-18-12(17)14-11(16)9-15-7-3-4-10(8-15)5-6-13/h10H,2-9,13H2,1H3,(H,14,16,17). The number of hydrogen-bond donors (Lipinski definition) is 2. The second-order valence-electron chi connectivity index (χ2n) is 4.59. The molecule has 0 aromatic carbocycles. The molecule has 3 N–H and O–H groups in total. The van der Waals surface area contributed by atoms with Crippen LogP contribution in [0.15, 0.2) is 0 Å². The monoisotopic (exact) mass is 257 g/mol. The number of ether oxygens (including phenoxy) is 1. The molecule has 0 spiro atoms. The Kier molecular flexibility index (Phi) is 6.67. The Balaban J connectivity index is 2.28. The second-order valence-corrected chi connectivity index (χ2v) is 4.59. The Labute approximate surface area is 108 Å². The molecule has 1 aliphatic rings. The first-order valence-electron chi connectivity index (χ1n) is 6.54. The number of hydrogen-bond acceptors (Lipinski definition) is 5. The van der Waals surface area contributed by atoms with E-state index >= 15 is 0 Å². The van der Waals surface area contributed by atoms with Crippen LogP contribution in [0.1, 0.15) is 26.2 Å². The molecule has 1 heterocycles. The highest BCUT2D eigenvalue weighted by Crippen LogP contribution is 2.18. The zero-order valence-corrected chi connectivity index (χ0v) is 11.0. The first kappa shape index (κ1) is 14.9. The van der Waals surface area contributed by atoms with E-state index in [1.165, 1.54) is 6.42 Å². The topological polar surface area (TPSA) is 84.7 Å². The average Bonchev–Trinajstić information content (AvgIpc) is 2.29. The Morgan fingerprint density at radius 1 is 1.50 bits per heavy atom. The van der Waals surface area contributed by atoms with Crippen molar-refractivity contribution >= 4 is 12.0 Å². The molecule has 1 rings (SSSR count). The molecule has 1 atom stereocenters. The minimum absolute atomic E-state index is 0.250. The lowest BCUT2D eigenvalue weighted by atomic mass is 9.95. The third-order valence-electron chi connectivity index (χ3n) is 3.06. The maximum Gasteiger partial charge on any atom is 0.413 e. The summed E-state index contributed by atoms with van der Waals surface area (Å²) in [5.74, 6) is 0.265. The first-order chi connectivity index (χ1) is 8.65.